The number of amides is 2. The first-order valence-electron chi connectivity index (χ1n) is 9.07. The summed E-state index contributed by atoms with van der Waals surface area (Å²) in [6, 6.07) is 0. The molecule has 0 aliphatic heterocycles. The van der Waals surface area contributed by atoms with Crippen LogP contribution in [0.5, 0.6) is 0 Å². The summed E-state index contributed by atoms with van der Waals surface area (Å²) in [6.07, 6.45) is 0.245. The quantitative estimate of drug-likeness (QED) is 0.757. The molecule has 2 aromatic rings. The van der Waals surface area contributed by atoms with Gasteiger partial charge in [-0.15, -0.1) is 0 Å². The Morgan fingerprint density at radius 3 is 2.48 bits per heavy atom. The van der Waals surface area contributed by atoms with Crippen LogP contribution in [0.3, 0.4) is 0 Å². The number of H-pyrrole nitrogens is 1. The van der Waals surface area contributed by atoms with Crippen molar-refractivity contribution in [2.45, 2.75) is 39.2 Å². The summed E-state index contributed by atoms with van der Waals surface area (Å²) in [4.78, 5) is 42.6. The number of aromatic amines is 1. The first-order valence-corrected chi connectivity index (χ1v) is 9.07. The molecule has 1 aliphatic carbocycles. The van der Waals surface area contributed by atoms with Crippen molar-refractivity contribution in [2.24, 2.45) is 5.92 Å². The predicted molar refractivity (Wildman–Crippen MR) is 100 cm³/mol. The van der Waals surface area contributed by atoms with Gasteiger partial charge < -0.3 is 19.4 Å². The van der Waals surface area contributed by atoms with E-state index in [1.54, 1.807) is 20.8 Å². The lowest BCUT2D eigenvalue weighted by atomic mass is 10.1. The number of likely N-dealkylation sites (N-methyl/N-ethyl adjacent to an activating group) is 1. The Balaban J connectivity index is 1.76. The van der Waals surface area contributed by atoms with E-state index in [9.17, 15) is 23.2 Å². The number of benzene rings is 1. The van der Waals surface area contributed by atoms with E-state index in [-0.39, 0.29) is 47.5 Å². The highest BCUT2D eigenvalue weighted by Crippen LogP contribution is 2.35. The normalized spacial score (nSPS) is 14.0. The van der Waals surface area contributed by atoms with Gasteiger partial charge in [0, 0.05) is 13.0 Å². The maximum atomic E-state index is 14.7. The molecule has 2 N–H and O–H groups in total. The van der Waals surface area contributed by atoms with Gasteiger partial charge in [-0.05, 0) is 44.7 Å². The molecule has 2 amide bonds. The lowest BCUT2D eigenvalue weighted by Gasteiger charge is -2.24. The molecule has 0 bridgehead atoms. The van der Waals surface area contributed by atoms with Gasteiger partial charge in [-0.3, -0.25) is 10.1 Å². The fourth-order valence-electron chi connectivity index (χ4n) is 3.22. The fraction of sp³-hybridized carbons (Fsp3) is 0.474. The number of imidazole rings is 1. The van der Waals surface area contributed by atoms with Gasteiger partial charge in [0.25, 0.3) is 0 Å². The SMILES string of the molecule is CN(CC(=O)Nc1nc2c(F)c3c(c(F)c2[nH]1)CC(C=O)C3)C(=O)OC(C)(C)C. The Hall–Kier alpha value is -3.04. The maximum Gasteiger partial charge on any atom is 0.410 e. The summed E-state index contributed by atoms with van der Waals surface area (Å²) >= 11 is 0. The van der Waals surface area contributed by atoms with Crippen LogP contribution in [0.15, 0.2) is 0 Å². The largest absolute Gasteiger partial charge is 0.444 e. The topological polar surface area (TPSA) is 104 Å². The third kappa shape index (κ3) is 4.20. The van der Waals surface area contributed by atoms with Crippen molar-refractivity contribution < 1.29 is 27.9 Å². The number of carbonyl (C=O) groups excluding carboxylic acids is 3. The Kier molecular flexibility index (Phi) is 5.29. The highest BCUT2D eigenvalue weighted by molar-refractivity contribution is 5.94. The lowest BCUT2D eigenvalue weighted by molar-refractivity contribution is -0.117. The smallest absolute Gasteiger partial charge is 0.410 e. The lowest BCUT2D eigenvalue weighted by Crippen LogP contribution is -2.38. The first kappa shape index (κ1) is 20.7. The molecule has 1 heterocycles. The van der Waals surface area contributed by atoms with Crippen molar-refractivity contribution in [3.63, 3.8) is 0 Å². The van der Waals surface area contributed by atoms with Crippen molar-refractivity contribution in [2.75, 3.05) is 18.9 Å². The number of halogens is 2. The van der Waals surface area contributed by atoms with Gasteiger partial charge in [0.05, 0.1) is 0 Å². The maximum absolute atomic E-state index is 14.7. The van der Waals surface area contributed by atoms with E-state index < -0.39 is 35.2 Å². The molecule has 0 fully saturated rings. The third-order valence-corrected chi connectivity index (χ3v) is 4.49. The van der Waals surface area contributed by atoms with Gasteiger partial charge >= 0.3 is 6.09 Å². The summed E-state index contributed by atoms with van der Waals surface area (Å²) in [5, 5.41) is 2.38. The number of nitrogens with zero attached hydrogens (tertiary/aromatic N) is 2. The number of aromatic nitrogens is 2. The first-order chi connectivity index (χ1) is 13.5. The molecule has 1 unspecified atom stereocenters. The molecule has 0 spiro atoms. The van der Waals surface area contributed by atoms with Crippen LogP contribution in [-0.4, -0.2) is 52.3 Å². The van der Waals surface area contributed by atoms with Crippen LogP contribution < -0.4 is 5.32 Å². The van der Waals surface area contributed by atoms with E-state index in [1.807, 2.05) is 0 Å². The molecule has 1 aliphatic rings. The number of hydrogen-bond donors (Lipinski definition) is 2. The van der Waals surface area contributed by atoms with Gasteiger partial charge in [-0.1, -0.05) is 0 Å². The van der Waals surface area contributed by atoms with Gasteiger partial charge in [0.15, 0.2) is 11.6 Å². The summed E-state index contributed by atoms with van der Waals surface area (Å²) in [7, 11) is 1.39. The molecule has 8 nitrogen and oxygen atoms in total. The van der Waals surface area contributed by atoms with Crippen molar-refractivity contribution in [1.29, 1.82) is 0 Å². The number of hydrogen-bond acceptors (Lipinski definition) is 5. The van der Waals surface area contributed by atoms with E-state index in [0.717, 1.165) is 4.90 Å². The van der Waals surface area contributed by atoms with Crippen LogP contribution >= 0.6 is 0 Å². The minimum atomic E-state index is -0.709. The number of rotatable bonds is 4. The molecule has 1 aromatic carbocycles. The Bertz CT molecular complexity index is 947. The van der Waals surface area contributed by atoms with Crippen LogP contribution in [-0.2, 0) is 27.2 Å². The van der Waals surface area contributed by atoms with Crippen LogP contribution in [0.2, 0.25) is 0 Å². The molecule has 1 aromatic heterocycles. The van der Waals surface area contributed by atoms with E-state index in [1.165, 1.54) is 7.05 Å². The van der Waals surface area contributed by atoms with Crippen LogP contribution in [0.4, 0.5) is 19.5 Å². The van der Waals surface area contributed by atoms with Gasteiger partial charge in [-0.25, -0.2) is 18.6 Å². The monoisotopic (exact) mass is 408 g/mol. The second kappa shape index (κ2) is 7.41. The third-order valence-electron chi connectivity index (χ3n) is 4.49. The van der Waals surface area contributed by atoms with Gasteiger partial charge in [0.1, 0.15) is 29.5 Å². The average molecular weight is 408 g/mol. The molecule has 1 atom stereocenters. The van der Waals surface area contributed by atoms with Crippen molar-refractivity contribution in [1.82, 2.24) is 14.9 Å². The Morgan fingerprint density at radius 2 is 1.90 bits per heavy atom. The zero-order valence-corrected chi connectivity index (χ0v) is 16.6. The molecular formula is C19H22F2N4O4. The average Bonchev–Trinajstić information content (AvgIpc) is 3.22. The minimum Gasteiger partial charge on any atom is -0.444 e. The molecule has 156 valence electrons. The number of anilines is 1. The van der Waals surface area contributed by atoms with E-state index in [2.05, 4.69) is 15.3 Å². The van der Waals surface area contributed by atoms with E-state index in [0.29, 0.717) is 6.29 Å². The summed E-state index contributed by atoms with van der Waals surface area (Å²) < 4.78 is 34.6. The summed E-state index contributed by atoms with van der Waals surface area (Å²) in [6.45, 7) is 4.76. The number of fused-ring (bicyclic) bond motifs is 2. The van der Waals surface area contributed by atoms with Crippen molar-refractivity contribution in [3.05, 3.63) is 22.8 Å². The molecule has 0 saturated carbocycles. The molecule has 10 heteroatoms. The van der Waals surface area contributed by atoms with Crippen molar-refractivity contribution in [3.8, 4) is 0 Å². The van der Waals surface area contributed by atoms with E-state index in [4.69, 9.17) is 4.74 Å². The molecule has 29 heavy (non-hydrogen) atoms. The highest BCUT2D eigenvalue weighted by Gasteiger charge is 2.31. The summed E-state index contributed by atoms with van der Waals surface area (Å²) in [5.41, 5.74) is -0.842. The van der Waals surface area contributed by atoms with Crippen LogP contribution in [0, 0.1) is 17.6 Å². The van der Waals surface area contributed by atoms with Crippen LogP contribution in [0.1, 0.15) is 31.9 Å². The number of ether oxygens (including phenoxy) is 1. The molecule has 0 saturated heterocycles. The number of carbonyl (C=O) groups is 3. The molecule has 3 rings (SSSR count). The van der Waals surface area contributed by atoms with Crippen LogP contribution in [0.25, 0.3) is 11.0 Å². The second-order valence-electron chi connectivity index (χ2n) is 8.08. The minimum absolute atomic E-state index is 0.118. The zero-order valence-electron chi connectivity index (χ0n) is 16.6. The summed E-state index contributed by atoms with van der Waals surface area (Å²) in [5.74, 6) is -2.60. The Morgan fingerprint density at radius 1 is 1.28 bits per heavy atom. The fourth-order valence-corrected chi connectivity index (χ4v) is 3.22. The van der Waals surface area contributed by atoms with Gasteiger partial charge in [0.2, 0.25) is 11.9 Å². The van der Waals surface area contributed by atoms with E-state index >= 15 is 0 Å². The second-order valence-corrected chi connectivity index (χ2v) is 8.08. The zero-order chi connectivity index (χ0) is 21.5. The standard InChI is InChI=1S/C19H22F2N4O4/c1-19(2,3)29-18(28)25(4)7-12(27)22-17-23-15-13(20)10-5-9(8-26)6-11(10)14(21)16(15)24-17/h8-9H,5-7H2,1-4H3,(H2,22,23,24,27). The Labute approximate surface area is 165 Å². The molecule has 0 radical (unpaired) electrons. The van der Waals surface area contributed by atoms with Gasteiger partial charge in [-0.2, -0.15) is 0 Å². The molecular weight excluding hydrogens is 386 g/mol. The van der Waals surface area contributed by atoms with Crippen molar-refractivity contribution >= 4 is 35.3 Å². The highest BCUT2D eigenvalue weighted by atomic mass is 19.1. The predicted octanol–water partition coefficient (Wildman–Crippen LogP) is 2.56. The number of aldehydes is 1. The number of nitrogens with one attached hydrogen (secondary N) is 2.